The predicted octanol–water partition coefficient (Wildman–Crippen LogP) is 2.78. The fourth-order valence-electron chi connectivity index (χ4n) is 1.56. The summed E-state index contributed by atoms with van der Waals surface area (Å²) in [5.41, 5.74) is 5.64. The highest BCUT2D eigenvalue weighted by atomic mass is 79.9. The second-order valence-corrected chi connectivity index (χ2v) is 5.31. The average Bonchev–Trinajstić information content (AvgIpc) is 2.27. The van der Waals surface area contributed by atoms with Crippen LogP contribution in [0.2, 0.25) is 0 Å². The second kappa shape index (κ2) is 6.41. The highest BCUT2D eigenvalue weighted by Gasteiger charge is 2.37. The summed E-state index contributed by atoms with van der Waals surface area (Å²) in [5.74, 6) is -0.351. The van der Waals surface area contributed by atoms with Gasteiger partial charge in [-0.1, -0.05) is 22.0 Å². The Labute approximate surface area is 121 Å². The SMILES string of the molecule is COC(=O)C(C)(C)[C@@H](N)c1ccc(Br)cc1O.Cl. The zero-order chi connectivity index (χ0) is 13.2. The topological polar surface area (TPSA) is 72.5 Å². The van der Waals surface area contributed by atoms with E-state index in [1.165, 1.54) is 7.11 Å². The van der Waals surface area contributed by atoms with Gasteiger partial charge in [-0.2, -0.15) is 0 Å². The van der Waals surface area contributed by atoms with Gasteiger partial charge in [0.25, 0.3) is 0 Å². The Bertz CT molecular complexity index is 437. The summed E-state index contributed by atoms with van der Waals surface area (Å²) in [6.07, 6.45) is 0. The van der Waals surface area contributed by atoms with E-state index in [2.05, 4.69) is 15.9 Å². The van der Waals surface area contributed by atoms with Gasteiger partial charge in [0.2, 0.25) is 0 Å². The van der Waals surface area contributed by atoms with Crippen LogP contribution in [0.3, 0.4) is 0 Å². The number of phenolic OH excluding ortho intramolecular Hbond substituents is 1. The number of carbonyl (C=O) groups excluding carboxylic acids is 1. The van der Waals surface area contributed by atoms with Gasteiger partial charge in [0.1, 0.15) is 5.75 Å². The minimum Gasteiger partial charge on any atom is -0.508 e. The quantitative estimate of drug-likeness (QED) is 0.831. The molecule has 0 aliphatic rings. The normalized spacial score (nSPS) is 12.5. The molecule has 0 radical (unpaired) electrons. The molecule has 102 valence electrons. The van der Waals surface area contributed by atoms with E-state index in [-0.39, 0.29) is 18.2 Å². The van der Waals surface area contributed by atoms with E-state index in [0.29, 0.717) is 5.56 Å². The molecule has 18 heavy (non-hydrogen) atoms. The number of rotatable bonds is 3. The highest BCUT2D eigenvalue weighted by molar-refractivity contribution is 9.10. The molecule has 0 aromatic heterocycles. The van der Waals surface area contributed by atoms with E-state index in [0.717, 1.165) is 4.47 Å². The molecular formula is C12H17BrClNO3. The molecule has 1 atom stereocenters. The first-order valence-electron chi connectivity index (χ1n) is 5.13. The van der Waals surface area contributed by atoms with Gasteiger partial charge in [0.15, 0.2) is 0 Å². The summed E-state index contributed by atoms with van der Waals surface area (Å²) in [7, 11) is 1.32. The summed E-state index contributed by atoms with van der Waals surface area (Å²) in [6.45, 7) is 3.37. The van der Waals surface area contributed by atoms with Crippen LogP contribution in [0.25, 0.3) is 0 Å². The first-order valence-corrected chi connectivity index (χ1v) is 5.92. The molecular weight excluding hydrogens is 321 g/mol. The van der Waals surface area contributed by atoms with Crippen molar-refractivity contribution >= 4 is 34.3 Å². The molecule has 0 aliphatic carbocycles. The lowest BCUT2D eigenvalue weighted by atomic mass is 9.81. The molecule has 0 aliphatic heterocycles. The molecule has 6 heteroatoms. The van der Waals surface area contributed by atoms with Gasteiger partial charge in [-0.3, -0.25) is 4.79 Å². The van der Waals surface area contributed by atoms with Crippen LogP contribution in [0.15, 0.2) is 22.7 Å². The molecule has 1 rings (SSSR count). The van der Waals surface area contributed by atoms with Crippen molar-refractivity contribution in [2.45, 2.75) is 19.9 Å². The van der Waals surface area contributed by atoms with Crippen molar-refractivity contribution < 1.29 is 14.6 Å². The number of hydrogen-bond acceptors (Lipinski definition) is 4. The van der Waals surface area contributed by atoms with Crippen molar-refractivity contribution in [3.63, 3.8) is 0 Å². The lowest BCUT2D eigenvalue weighted by Crippen LogP contribution is -2.37. The lowest BCUT2D eigenvalue weighted by Gasteiger charge is -2.29. The van der Waals surface area contributed by atoms with Gasteiger partial charge in [0, 0.05) is 16.1 Å². The summed E-state index contributed by atoms with van der Waals surface area (Å²) in [6, 6.07) is 4.36. The summed E-state index contributed by atoms with van der Waals surface area (Å²) in [5, 5.41) is 9.82. The maximum atomic E-state index is 11.6. The molecule has 0 fully saturated rings. The number of phenols is 1. The van der Waals surface area contributed by atoms with E-state index in [1.54, 1.807) is 32.0 Å². The summed E-state index contributed by atoms with van der Waals surface area (Å²) in [4.78, 5) is 11.6. The molecule has 4 nitrogen and oxygen atoms in total. The van der Waals surface area contributed by atoms with Crippen LogP contribution in [0, 0.1) is 5.41 Å². The number of aromatic hydroxyl groups is 1. The Kier molecular flexibility index (Phi) is 6.13. The van der Waals surface area contributed by atoms with Crippen molar-refractivity contribution in [2.24, 2.45) is 11.1 Å². The van der Waals surface area contributed by atoms with E-state index in [9.17, 15) is 9.90 Å². The Hall–Kier alpha value is -0.780. The largest absolute Gasteiger partial charge is 0.508 e. The standard InChI is InChI=1S/C12H16BrNO3.ClH/c1-12(2,11(16)17-3)10(14)8-5-4-7(13)6-9(8)15;/h4-6,10,15H,14H2,1-3H3;1H/t10-;/m0./s1. The van der Waals surface area contributed by atoms with E-state index in [4.69, 9.17) is 10.5 Å². The summed E-state index contributed by atoms with van der Waals surface area (Å²) < 4.78 is 5.46. The van der Waals surface area contributed by atoms with Crippen molar-refractivity contribution in [2.75, 3.05) is 7.11 Å². The van der Waals surface area contributed by atoms with Crippen LogP contribution < -0.4 is 5.73 Å². The number of esters is 1. The van der Waals surface area contributed by atoms with E-state index >= 15 is 0 Å². The fraction of sp³-hybridized carbons (Fsp3) is 0.417. The van der Waals surface area contributed by atoms with Crippen LogP contribution in [-0.4, -0.2) is 18.2 Å². The summed E-state index contributed by atoms with van der Waals surface area (Å²) >= 11 is 3.25. The minimum absolute atomic E-state index is 0. The minimum atomic E-state index is -0.903. The van der Waals surface area contributed by atoms with E-state index in [1.807, 2.05) is 0 Å². The number of hydrogen-bond donors (Lipinski definition) is 2. The third-order valence-electron chi connectivity index (χ3n) is 2.82. The molecule has 0 amide bonds. The van der Waals surface area contributed by atoms with Crippen LogP contribution in [0.1, 0.15) is 25.5 Å². The molecule has 0 saturated carbocycles. The second-order valence-electron chi connectivity index (χ2n) is 4.39. The van der Waals surface area contributed by atoms with Crippen LogP contribution in [-0.2, 0) is 9.53 Å². The average molecular weight is 339 g/mol. The zero-order valence-corrected chi connectivity index (χ0v) is 12.8. The Morgan fingerprint density at radius 2 is 2.06 bits per heavy atom. The number of carbonyl (C=O) groups is 1. The molecule has 1 aromatic carbocycles. The van der Waals surface area contributed by atoms with E-state index < -0.39 is 17.4 Å². The smallest absolute Gasteiger partial charge is 0.313 e. The lowest BCUT2D eigenvalue weighted by molar-refractivity contribution is -0.152. The third kappa shape index (κ3) is 3.37. The first kappa shape index (κ1) is 17.2. The van der Waals surface area contributed by atoms with Crippen molar-refractivity contribution in [3.05, 3.63) is 28.2 Å². The number of ether oxygens (including phenoxy) is 1. The van der Waals surface area contributed by atoms with Crippen LogP contribution in [0.4, 0.5) is 0 Å². The third-order valence-corrected chi connectivity index (χ3v) is 3.31. The fourth-order valence-corrected chi connectivity index (χ4v) is 1.91. The maximum absolute atomic E-state index is 11.6. The number of halogens is 2. The van der Waals surface area contributed by atoms with Gasteiger partial charge < -0.3 is 15.6 Å². The molecule has 0 spiro atoms. The van der Waals surface area contributed by atoms with Gasteiger partial charge in [-0.15, -0.1) is 12.4 Å². The van der Waals surface area contributed by atoms with Crippen LogP contribution >= 0.6 is 28.3 Å². The molecule has 3 N–H and O–H groups in total. The molecule has 1 aromatic rings. The molecule has 0 heterocycles. The van der Waals surface area contributed by atoms with Crippen LogP contribution in [0.5, 0.6) is 5.75 Å². The highest BCUT2D eigenvalue weighted by Crippen LogP contribution is 2.37. The Morgan fingerprint density at radius 1 is 1.50 bits per heavy atom. The monoisotopic (exact) mass is 337 g/mol. The molecule has 0 saturated heterocycles. The predicted molar refractivity (Wildman–Crippen MR) is 75.8 cm³/mol. The molecule has 0 bridgehead atoms. The number of methoxy groups -OCH3 is 1. The molecule has 0 unspecified atom stereocenters. The number of benzene rings is 1. The van der Waals surface area contributed by atoms with Crippen molar-refractivity contribution in [1.29, 1.82) is 0 Å². The first-order chi connectivity index (χ1) is 7.80. The van der Waals surface area contributed by atoms with Crippen molar-refractivity contribution in [1.82, 2.24) is 0 Å². The Morgan fingerprint density at radius 3 is 2.50 bits per heavy atom. The number of nitrogens with two attached hydrogens (primary N) is 1. The maximum Gasteiger partial charge on any atom is 0.313 e. The van der Waals surface area contributed by atoms with Gasteiger partial charge in [0.05, 0.1) is 12.5 Å². The zero-order valence-electron chi connectivity index (χ0n) is 10.4. The van der Waals surface area contributed by atoms with Gasteiger partial charge >= 0.3 is 5.97 Å². The van der Waals surface area contributed by atoms with Gasteiger partial charge in [-0.05, 0) is 26.0 Å². The Balaban J connectivity index is 0.00000289. The van der Waals surface area contributed by atoms with Gasteiger partial charge in [-0.25, -0.2) is 0 Å². The van der Waals surface area contributed by atoms with Crippen molar-refractivity contribution in [3.8, 4) is 5.75 Å².